The average molecular weight is 385 g/mol. The predicted octanol–water partition coefficient (Wildman–Crippen LogP) is 2.27. The Kier molecular flexibility index (Phi) is 5.96. The molecule has 0 amide bonds. The van der Waals surface area contributed by atoms with E-state index in [1.54, 1.807) is 18.2 Å². The summed E-state index contributed by atoms with van der Waals surface area (Å²) in [6.45, 7) is 0.516. The Morgan fingerprint density at radius 3 is 2.19 bits per heavy atom. The van der Waals surface area contributed by atoms with Crippen LogP contribution in [0.3, 0.4) is 0 Å². The van der Waals surface area contributed by atoms with Crippen LogP contribution in [0.2, 0.25) is 0 Å². The van der Waals surface area contributed by atoms with Gasteiger partial charge in [0.1, 0.15) is 17.8 Å². The standard InChI is InChI=1S/C17H15N5O4S/c1-27(25,26)14-5-6-15(16(9-14)22(23)24)20-7-8-21-17-12(10-18)3-2-4-13(17)11-19/h2-6,9,20-21H,7-8H2,1H3. The van der Waals surface area contributed by atoms with E-state index in [0.29, 0.717) is 16.8 Å². The molecule has 0 aliphatic heterocycles. The number of anilines is 2. The topological polar surface area (TPSA) is 149 Å². The molecule has 0 bridgehead atoms. The third kappa shape index (κ3) is 4.71. The van der Waals surface area contributed by atoms with Crippen LogP contribution < -0.4 is 10.6 Å². The minimum absolute atomic E-state index is 0.139. The van der Waals surface area contributed by atoms with Crippen molar-refractivity contribution < 1.29 is 13.3 Å². The maximum absolute atomic E-state index is 11.6. The highest BCUT2D eigenvalue weighted by molar-refractivity contribution is 7.90. The normalized spacial score (nSPS) is 10.5. The van der Waals surface area contributed by atoms with E-state index >= 15 is 0 Å². The van der Waals surface area contributed by atoms with Crippen LogP contribution in [-0.2, 0) is 9.84 Å². The van der Waals surface area contributed by atoms with Gasteiger partial charge in [-0.25, -0.2) is 8.42 Å². The number of nitrogens with zero attached hydrogens (tertiary/aromatic N) is 3. The molecular weight excluding hydrogens is 370 g/mol. The minimum Gasteiger partial charge on any atom is -0.381 e. The summed E-state index contributed by atoms with van der Waals surface area (Å²) >= 11 is 0. The molecule has 0 aliphatic rings. The minimum atomic E-state index is -3.56. The number of nitro benzene ring substituents is 1. The molecule has 2 aromatic carbocycles. The van der Waals surface area contributed by atoms with Gasteiger partial charge in [0.2, 0.25) is 0 Å². The number of nitriles is 2. The third-order valence-electron chi connectivity index (χ3n) is 3.64. The smallest absolute Gasteiger partial charge is 0.293 e. The van der Waals surface area contributed by atoms with E-state index in [0.717, 1.165) is 12.3 Å². The highest BCUT2D eigenvalue weighted by atomic mass is 32.2. The first kappa shape index (κ1) is 19.7. The van der Waals surface area contributed by atoms with Crippen LogP contribution in [0.5, 0.6) is 0 Å². The highest BCUT2D eigenvalue weighted by Gasteiger charge is 2.18. The van der Waals surface area contributed by atoms with Gasteiger partial charge >= 0.3 is 0 Å². The zero-order valence-electron chi connectivity index (χ0n) is 14.3. The summed E-state index contributed by atoms with van der Waals surface area (Å²) < 4.78 is 23.1. The molecule has 0 unspecified atom stereocenters. The fraction of sp³-hybridized carbons (Fsp3) is 0.176. The fourth-order valence-corrected chi connectivity index (χ4v) is 3.00. The molecule has 2 aromatic rings. The molecule has 2 N–H and O–H groups in total. The van der Waals surface area contributed by atoms with E-state index in [1.165, 1.54) is 12.1 Å². The van der Waals surface area contributed by atoms with E-state index < -0.39 is 14.8 Å². The molecule has 0 radical (unpaired) electrons. The van der Waals surface area contributed by atoms with E-state index in [-0.39, 0.29) is 29.4 Å². The van der Waals surface area contributed by atoms with Crippen LogP contribution in [0.1, 0.15) is 11.1 Å². The summed E-state index contributed by atoms with van der Waals surface area (Å²) in [6, 6.07) is 12.4. The van der Waals surface area contributed by atoms with E-state index in [1.807, 2.05) is 12.1 Å². The molecule has 0 aromatic heterocycles. The van der Waals surface area contributed by atoms with Crippen LogP contribution >= 0.6 is 0 Å². The van der Waals surface area contributed by atoms with E-state index in [9.17, 15) is 18.5 Å². The summed E-state index contributed by atoms with van der Waals surface area (Å²) in [7, 11) is -3.56. The zero-order chi connectivity index (χ0) is 20.0. The maximum Gasteiger partial charge on any atom is 0.293 e. The number of benzene rings is 2. The number of rotatable bonds is 7. The Morgan fingerprint density at radius 2 is 1.67 bits per heavy atom. The molecular formula is C17H15N5O4S. The third-order valence-corrected chi connectivity index (χ3v) is 4.75. The lowest BCUT2D eigenvalue weighted by Gasteiger charge is -2.12. The summed E-state index contributed by atoms with van der Waals surface area (Å²) in [5, 5.41) is 35.3. The Balaban J connectivity index is 2.12. The summed E-state index contributed by atoms with van der Waals surface area (Å²) in [6.07, 6.45) is 0.975. The molecule has 2 rings (SSSR count). The van der Waals surface area contributed by atoms with E-state index in [2.05, 4.69) is 10.6 Å². The lowest BCUT2D eigenvalue weighted by molar-refractivity contribution is -0.384. The van der Waals surface area contributed by atoms with Gasteiger partial charge in [-0.15, -0.1) is 0 Å². The Labute approximate surface area is 155 Å². The number of para-hydroxylation sites is 1. The maximum atomic E-state index is 11.6. The second-order valence-electron chi connectivity index (χ2n) is 5.51. The monoisotopic (exact) mass is 385 g/mol. The Morgan fingerprint density at radius 1 is 1.07 bits per heavy atom. The van der Waals surface area contributed by atoms with Gasteiger partial charge in [-0.3, -0.25) is 10.1 Å². The SMILES string of the molecule is CS(=O)(=O)c1ccc(NCCNc2c(C#N)cccc2C#N)c([N+](=O)[O-])c1. The Bertz CT molecular complexity index is 1040. The first-order valence-corrected chi connectivity index (χ1v) is 9.56. The lowest BCUT2D eigenvalue weighted by atomic mass is 10.1. The van der Waals surface area contributed by atoms with Crippen molar-refractivity contribution in [1.29, 1.82) is 10.5 Å². The van der Waals surface area contributed by atoms with Gasteiger partial charge in [0.05, 0.1) is 26.6 Å². The predicted molar refractivity (Wildman–Crippen MR) is 99.1 cm³/mol. The number of nitro groups is 1. The van der Waals surface area contributed by atoms with Crippen LogP contribution in [0, 0.1) is 32.8 Å². The number of nitrogens with one attached hydrogen (secondary N) is 2. The quantitative estimate of drug-likeness (QED) is 0.419. The first-order valence-electron chi connectivity index (χ1n) is 7.67. The van der Waals surface area contributed by atoms with Gasteiger partial charge in [-0.2, -0.15) is 10.5 Å². The molecule has 0 heterocycles. The van der Waals surface area contributed by atoms with Crippen LogP contribution in [0.4, 0.5) is 17.1 Å². The van der Waals surface area contributed by atoms with Gasteiger partial charge in [0.15, 0.2) is 9.84 Å². The summed E-state index contributed by atoms with van der Waals surface area (Å²) in [4.78, 5) is 10.4. The first-order chi connectivity index (χ1) is 12.8. The largest absolute Gasteiger partial charge is 0.381 e. The van der Waals surface area contributed by atoms with Crippen molar-refractivity contribution in [3.05, 3.63) is 57.6 Å². The second kappa shape index (κ2) is 8.17. The van der Waals surface area contributed by atoms with Gasteiger partial charge in [-0.1, -0.05) is 6.07 Å². The van der Waals surface area contributed by atoms with Crippen molar-refractivity contribution in [2.45, 2.75) is 4.90 Å². The molecule has 10 heteroatoms. The van der Waals surface area contributed by atoms with Crippen molar-refractivity contribution in [2.75, 3.05) is 30.0 Å². The number of sulfone groups is 1. The number of hydrogen-bond acceptors (Lipinski definition) is 8. The molecule has 0 fully saturated rings. The highest BCUT2D eigenvalue weighted by Crippen LogP contribution is 2.27. The van der Waals surface area contributed by atoms with Gasteiger partial charge in [0, 0.05) is 25.4 Å². The van der Waals surface area contributed by atoms with Crippen LogP contribution in [0.15, 0.2) is 41.3 Å². The molecule has 0 aliphatic carbocycles. The Hall–Kier alpha value is -3.63. The van der Waals surface area contributed by atoms with Crippen molar-refractivity contribution in [1.82, 2.24) is 0 Å². The molecule has 0 spiro atoms. The molecule has 0 saturated heterocycles. The molecule has 0 atom stereocenters. The molecule has 27 heavy (non-hydrogen) atoms. The second-order valence-corrected chi connectivity index (χ2v) is 7.53. The van der Waals surface area contributed by atoms with Crippen LogP contribution in [0.25, 0.3) is 0 Å². The summed E-state index contributed by atoms with van der Waals surface area (Å²) in [5.41, 5.74) is 0.845. The summed E-state index contributed by atoms with van der Waals surface area (Å²) in [5.74, 6) is 0. The van der Waals surface area contributed by atoms with Crippen molar-refractivity contribution in [3.8, 4) is 12.1 Å². The number of hydrogen-bond donors (Lipinski definition) is 2. The van der Waals surface area contributed by atoms with Crippen molar-refractivity contribution in [3.63, 3.8) is 0 Å². The van der Waals surface area contributed by atoms with Crippen LogP contribution in [-0.4, -0.2) is 32.7 Å². The van der Waals surface area contributed by atoms with Gasteiger partial charge in [0.25, 0.3) is 5.69 Å². The van der Waals surface area contributed by atoms with Crippen molar-refractivity contribution in [2.24, 2.45) is 0 Å². The van der Waals surface area contributed by atoms with Crippen molar-refractivity contribution >= 4 is 26.9 Å². The zero-order valence-corrected chi connectivity index (χ0v) is 15.1. The van der Waals surface area contributed by atoms with Gasteiger partial charge < -0.3 is 10.6 Å². The average Bonchev–Trinajstić information content (AvgIpc) is 2.64. The molecule has 9 nitrogen and oxygen atoms in total. The fourth-order valence-electron chi connectivity index (χ4n) is 2.36. The lowest BCUT2D eigenvalue weighted by Crippen LogP contribution is -2.16. The van der Waals surface area contributed by atoms with E-state index in [4.69, 9.17) is 10.5 Å². The molecule has 138 valence electrons. The van der Waals surface area contributed by atoms with Gasteiger partial charge in [-0.05, 0) is 24.3 Å². The molecule has 0 saturated carbocycles.